The van der Waals surface area contributed by atoms with Gasteiger partial charge < -0.3 is 21.5 Å². The Balaban J connectivity index is 0.000000381. The zero-order valence-electron chi connectivity index (χ0n) is 12.9. The number of amidine groups is 1. The Bertz CT molecular complexity index is 806. The molecule has 0 unspecified atom stereocenters. The lowest BCUT2D eigenvalue weighted by atomic mass is 10.0. The van der Waals surface area contributed by atoms with E-state index in [9.17, 15) is 18.0 Å². The van der Waals surface area contributed by atoms with Crippen LogP contribution in [0.25, 0.3) is 10.8 Å². The summed E-state index contributed by atoms with van der Waals surface area (Å²) in [4.78, 5) is 20.3. The van der Waals surface area contributed by atoms with E-state index < -0.39 is 12.1 Å². The van der Waals surface area contributed by atoms with E-state index in [0.29, 0.717) is 11.3 Å². The molecule has 134 valence electrons. The molecular weight excluding hydrogens is 341 g/mol. The van der Waals surface area contributed by atoms with E-state index in [1.54, 1.807) is 19.2 Å². The van der Waals surface area contributed by atoms with Gasteiger partial charge in [-0.05, 0) is 17.5 Å². The molecule has 2 rings (SSSR count). The average Bonchev–Trinajstić information content (AvgIpc) is 2.54. The lowest BCUT2D eigenvalue weighted by Gasteiger charge is -2.09. The molecule has 2 aromatic rings. The number of carboxylic acid groups (broad SMARTS) is 1. The number of nitrogens with two attached hydrogens (primary N) is 1. The van der Waals surface area contributed by atoms with Crippen molar-refractivity contribution in [1.82, 2.24) is 5.32 Å². The third-order valence-corrected chi connectivity index (χ3v) is 2.91. The number of carboxylic acids is 1. The van der Waals surface area contributed by atoms with Crippen molar-refractivity contribution in [1.29, 1.82) is 5.41 Å². The maximum Gasteiger partial charge on any atom is 0.490 e. The van der Waals surface area contributed by atoms with Crippen LogP contribution >= 0.6 is 0 Å². The number of carbonyl (C=O) groups is 2. The van der Waals surface area contributed by atoms with Gasteiger partial charge >= 0.3 is 18.2 Å². The Hall–Kier alpha value is -3.30. The first-order valence-corrected chi connectivity index (χ1v) is 6.72. The van der Waals surface area contributed by atoms with Crippen LogP contribution in [-0.2, 0) is 4.79 Å². The zero-order valence-corrected chi connectivity index (χ0v) is 12.9. The van der Waals surface area contributed by atoms with Crippen LogP contribution in [0.15, 0.2) is 36.4 Å². The van der Waals surface area contributed by atoms with Crippen LogP contribution in [-0.4, -0.2) is 36.2 Å². The molecule has 0 saturated carbocycles. The normalized spacial score (nSPS) is 10.4. The molecule has 0 heterocycles. The third-order valence-electron chi connectivity index (χ3n) is 2.91. The lowest BCUT2D eigenvalue weighted by molar-refractivity contribution is -0.192. The topological polar surface area (TPSA) is 128 Å². The Morgan fingerprint density at radius 1 is 1.20 bits per heavy atom. The van der Waals surface area contributed by atoms with Crippen LogP contribution in [0.5, 0.6) is 0 Å². The lowest BCUT2D eigenvalue weighted by Crippen LogP contribution is -2.24. The predicted octanol–water partition coefficient (Wildman–Crippen LogP) is 2.51. The second-order valence-electron chi connectivity index (χ2n) is 4.66. The van der Waals surface area contributed by atoms with Crippen molar-refractivity contribution < 1.29 is 27.9 Å². The largest absolute Gasteiger partial charge is 0.490 e. The summed E-state index contributed by atoms with van der Waals surface area (Å²) in [6.07, 6.45) is -5.08. The van der Waals surface area contributed by atoms with Gasteiger partial charge in [0.1, 0.15) is 5.84 Å². The summed E-state index contributed by atoms with van der Waals surface area (Å²) in [7, 11) is 1.56. The number of anilines is 1. The van der Waals surface area contributed by atoms with Gasteiger partial charge in [0.15, 0.2) is 0 Å². The first kappa shape index (κ1) is 19.7. The quantitative estimate of drug-likeness (QED) is 0.418. The Labute approximate surface area is 140 Å². The third kappa shape index (κ3) is 5.68. The number of hydrogen-bond donors (Lipinski definition) is 5. The number of alkyl halides is 3. The number of nitrogen functional groups attached to an aromatic ring is 1. The Kier molecular flexibility index (Phi) is 6.31. The molecule has 2 aromatic carbocycles. The summed E-state index contributed by atoms with van der Waals surface area (Å²) in [6, 6.07) is 10.8. The zero-order chi connectivity index (χ0) is 19.2. The van der Waals surface area contributed by atoms with E-state index in [4.69, 9.17) is 21.0 Å². The highest BCUT2D eigenvalue weighted by Crippen LogP contribution is 2.24. The number of nitrogens with one attached hydrogen (secondary N) is 3. The standard InChI is InChI=1S/C13H14N4O.C2HF3O2/c1-16-13(18)17-11-4-2-3-8-5-6-9(12(14)15)7-10(8)11;3-2(4,5)1(6)7/h2-7H,1H3,(H3,14,15)(H2,16,17,18);(H,6,7). The van der Waals surface area contributed by atoms with E-state index in [1.807, 2.05) is 24.3 Å². The predicted molar refractivity (Wildman–Crippen MR) is 86.7 cm³/mol. The molecule has 0 bridgehead atoms. The number of amides is 2. The summed E-state index contributed by atoms with van der Waals surface area (Å²) in [6.45, 7) is 0. The molecule has 0 aliphatic rings. The van der Waals surface area contributed by atoms with Gasteiger partial charge in [-0.1, -0.05) is 24.3 Å². The summed E-state index contributed by atoms with van der Waals surface area (Å²) in [5, 5.41) is 21.6. The fraction of sp³-hybridized carbons (Fsp3) is 0.133. The second kappa shape index (κ2) is 7.99. The highest BCUT2D eigenvalue weighted by atomic mass is 19.4. The molecule has 7 nitrogen and oxygen atoms in total. The number of carbonyl (C=O) groups excluding carboxylic acids is 1. The molecule has 2 amide bonds. The minimum Gasteiger partial charge on any atom is -0.475 e. The molecule has 10 heteroatoms. The number of hydrogen-bond acceptors (Lipinski definition) is 3. The molecule has 0 saturated heterocycles. The summed E-state index contributed by atoms with van der Waals surface area (Å²) in [5.41, 5.74) is 6.79. The van der Waals surface area contributed by atoms with E-state index in [0.717, 1.165) is 10.8 Å². The van der Waals surface area contributed by atoms with Crippen molar-refractivity contribution in [2.45, 2.75) is 6.18 Å². The maximum absolute atomic E-state index is 11.4. The van der Waals surface area contributed by atoms with Gasteiger partial charge in [0.25, 0.3) is 0 Å². The first-order valence-electron chi connectivity index (χ1n) is 6.72. The number of fused-ring (bicyclic) bond motifs is 1. The van der Waals surface area contributed by atoms with Gasteiger partial charge in [-0.15, -0.1) is 0 Å². The van der Waals surface area contributed by atoms with E-state index in [-0.39, 0.29) is 11.9 Å². The monoisotopic (exact) mass is 356 g/mol. The minimum atomic E-state index is -5.08. The van der Waals surface area contributed by atoms with E-state index in [2.05, 4.69) is 10.6 Å². The summed E-state index contributed by atoms with van der Waals surface area (Å²) in [5.74, 6) is -2.75. The molecule has 0 spiro atoms. The summed E-state index contributed by atoms with van der Waals surface area (Å²) >= 11 is 0. The molecule has 0 aliphatic carbocycles. The van der Waals surface area contributed by atoms with Gasteiger partial charge in [0.05, 0.1) is 5.69 Å². The van der Waals surface area contributed by atoms with E-state index in [1.165, 1.54) is 0 Å². The molecule has 0 fully saturated rings. The number of halogens is 3. The molecule has 0 radical (unpaired) electrons. The Morgan fingerprint density at radius 2 is 1.80 bits per heavy atom. The second-order valence-corrected chi connectivity index (χ2v) is 4.66. The van der Waals surface area contributed by atoms with Crippen molar-refractivity contribution in [3.63, 3.8) is 0 Å². The van der Waals surface area contributed by atoms with Crippen LogP contribution in [0.4, 0.5) is 23.7 Å². The van der Waals surface area contributed by atoms with Crippen molar-refractivity contribution in [3.8, 4) is 0 Å². The SMILES string of the molecule is CNC(=O)Nc1cccc2ccc(C(=N)N)cc12.O=C(O)C(F)(F)F. The molecule has 0 atom stereocenters. The van der Waals surface area contributed by atoms with Crippen LogP contribution < -0.4 is 16.4 Å². The van der Waals surface area contributed by atoms with Crippen LogP contribution in [0.1, 0.15) is 5.56 Å². The minimum absolute atomic E-state index is 0.00615. The van der Waals surface area contributed by atoms with Gasteiger partial charge in [-0.25, -0.2) is 9.59 Å². The highest BCUT2D eigenvalue weighted by Gasteiger charge is 2.38. The smallest absolute Gasteiger partial charge is 0.475 e. The molecule has 25 heavy (non-hydrogen) atoms. The number of aliphatic carboxylic acids is 1. The number of rotatable bonds is 2. The summed E-state index contributed by atoms with van der Waals surface area (Å²) < 4.78 is 31.7. The van der Waals surface area contributed by atoms with Crippen LogP contribution in [0.3, 0.4) is 0 Å². The highest BCUT2D eigenvalue weighted by molar-refractivity contribution is 6.05. The fourth-order valence-electron chi connectivity index (χ4n) is 1.73. The number of benzene rings is 2. The molecule has 0 aliphatic heterocycles. The average molecular weight is 356 g/mol. The fourth-order valence-corrected chi connectivity index (χ4v) is 1.73. The van der Waals surface area contributed by atoms with Crippen molar-refractivity contribution >= 4 is 34.3 Å². The van der Waals surface area contributed by atoms with Crippen LogP contribution in [0, 0.1) is 5.41 Å². The Morgan fingerprint density at radius 3 is 2.28 bits per heavy atom. The van der Waals surface area contributed by atoms with Crippen LogP contribution in [0.2, 0.25) is 0 Å². The molecule has 0 aromatic heterocycles. The van der Waals surface area contributed by atoms with Crippen molar-refractivity contribution in [2.24, 2.45) is 5.73 Å². The van der Waals surface area contributed by atoms with Crippen molar-refractivity contribution in [2.75, 3.05) is 12.4 Å². The van der Waals surface area contributed by atoms with Gasteiger partial charge in [0.2, 0.25) is 0 Å². The maximum atomic E-state index is 11.4. The van der Waals surface area contributed by atoms with E-state index >= 15 is 0 Å². The van der Waals surface area contributed by atoms with Gasteiger partial charge in [0, 0.05) is 18.0 Å². The first-order chi connectivity index (χ1) is 11.6. The molecular formula is C15H15F3N4O3. The van der Waals surface area contributed by atoms with Gasteiger partial charge in [-0.2, -0.15) is 13.2 Å². The number of urea groups is 1. The van der Waals surface area contributed by atoms with Gasteiger partial charge in [-0.3, -0.25) is 5.41 Å². The van der Waals surface area contributed by atoms with Crippen molar-refractivity contribution in [3.05, 3.63) is 42.0 Å². The molecule has 6 N–H and O–H groups in total.